The fourth-order valence-electron chi connectivity index (χ4n) is 5.35. The molecule has 3 aliphatic heterocycles. The minimum atomic E-state index is 0.350. The van der Waals surface area contributed by atoms with Gasteiger partial charge < -0.3 is 23.8 Å². The molecule has 0 amide bonds. The Morgan fingerprint density at radius 3 is 2.56 bits per heavy atom. The lowest BCUT2D eigenvalue weighted by molar-refractivity contribution is 0.127. The van der Waals surface area contributed by atoms with Crippen LogP contribution in [0.15, 0.2) is 30.3 Å². The van der Waals surface area contributed by atoms with Crippen LogP contribution in [0.5, 0.6) is 23.0 Å². The molecule has 32 heavy (non-hydrogen) atoms. The van der Waals surface area contributed by atoms with Crippen molar-refractivity contribution in [1.82, 2.24) is 9.80 Å². The van der Waals surface area contributed by atoms with E-state index < -0.39 is 0 Å². The van der Waals surface area contributed by atoms with E-state index in [2.05, 4.69) is 34.1 Å². The number of fused-ring (bicyclic) bond motifs is 2. The van der Waals surface area contributed by atoms with Crippen molar-refractivity contribution in [1.29, 1.82) is 0 Å². The summed E-state index contributed by atoms with van der Waals surface area (Å²) in [4.78, 5) is 5.27. The molecule has 0 saturated carbocycles. The third-order valence-corrected chi connectivity index (χ3v) is 7.07. The van der Waals surface area contributed by atoms with E-state index in [0.717, 1.165) is 61.4 Å². The molecule has 0 N–H and O–H groups in total. The highest BCUT2D eigenvalue weighted by atomic mass is 16.7. The maximum atomic E-state index is 5.59. The smallest absolute Gasteiger partial charge is 0.231 e. The molecule has 6 heteroatoms. The lowest BCUT2D eigenvalue weighted by Gasteiger charge is -2.37. The van der Waals surface area contributed by atoms with Gasteiger partial charge in [-0.15, -0.1) is 0 Å². The predicted octanol–water partition coefficient (Wildman–Crippen LogP) is 3.75. The van der Waals surface area contributed by atoms with E-state index in [1.54, 1.807) is 14.2 Å². The van der Waals surface area contributed by atoms with Crippen LogP contribution >= 0.6 is 0 Å². The van der Waals surface area contributed by atoms with E-state index in [1.165, 1.54) is 49.2 Å². The van der Waals surface area contributed by atoms with E-state index in [-0.39, 0.29) is 0 Å². The molecule has 6 nitrogen and oxygen atoms in total. The molecule has 5 rings (SSSR count). The van der Waals surface area contributed by atoms with Gasteiger partial charge in [0.1, 0.15) is 0 Å². The number of piperidine rings is 1. The fourth-order valence-corrected chi connectivity index (χ4v) is 5.35. The molecule has 172 valence electrons. The number of hydrogen-bond acceptors (Lipinski definition) is 6. The Balaban J connectivity index is 1.14. The second kappa shape index (κ2) is 9.59. The number of ether oxygens (including phenoxy) is 4. The Labute approximate surface area is 191 Å². The molecule has 2 aromatic carbocycles. The second-order valence-corrected chi connectivity index (χ2v) is 9.21. The van der Waals surface area contributed by atoms with Gasteiger partial charge in [0, 0.05) is 32.7 Å². The normalized spacial score (nSPS) is 20.8. The van der Waals surface area contributed by atoms with Crippen LogP contribution < -0.4 is 18.9 Å². The number of likely N-dealkylation sites (tertiary alicyclic amines) is 1. The third-order valence-electron chi connectivity index (χ3n) is 7.07. The molecule has 0 aliphatic carbocycles. The van der Waals surface area contributed by atoms with Gasteiger partial charge in [-0.3, -0.25) is 4.90 Å². The van der Waals surface area contributed by atoms with Gasteiger partial charge in [-0.1, -0.05) is 6.07 Å². The average molecular weight is 439 g/mol. The summed E-state index contributed by atoms with van der Waals surface area (Å²) in [6.07, 6.45) is 4.76. The van der Waals surface area contributed by atoms with Crippen LogP contribution in [0, 0.1) is 5.92 Å². The lowest BCUT2D eigenvalue weighted by Crippen LogP contribution is -2.43. The molecule has 0 radical (unpaired) electrons. The van der Waals surface area contributed by atoms with Gasteiger partial charge in [0.15, 0.2) is 23.0 Å². The Morgan fingerprint density at radius 2 is 1.75 bits per heavy atom. The standard InChI is InChI=1S/C26H34N2O4/c1-29-23-6-5-19(12-24(23)30-2)7-10-27-9-3-4-20(15-27)16-28-11-8-21-13-25-26(32-18-31-25)14-22(21)17-28/h5-6,12-14,20H,3-4,7-11,15-18H2,1-2H3. The van der Waals surface area contributed by atoms with Gasteiger partial charge in [-0.2, -0.15) is 0 Å². The number of methoxy groups -OCH3 is 2. The maximum Gasteiger partial charge on any atom is 0.231 e. The number of nitrogens with zero attached hydrogens (tertiary/aromatic N) is 2. The van der Waals surface area contributed by atoms with Crippen molar-refractivity contribution < 1.29 is 18.9 Å². The van der Waals surface area contributed by atoms with Crippen molar-refractivity contribution in [3.63, 3.8) is 0 Å². The third kappa shape index (κ3) is 4.66. The minimum Gasteiger partial charge on any atom is -0.493 e. The van der Waals surface area contributed by atoms with Gasteiger partial charge in [0.25, 0.3) is 0 Å². The van der Waals surface area contributed by atoms with Gasteiger partial charge in [0.05, 0.1) is 14.2 Å². The number of benzene rings is 2. The Kier molecular flexibility index (Phi) is 6.42. The molecular weight excluding hydrogens is 404 g/mol. The molecule has 0 bridgehead atoms. The molecule has 3 aliphatic rings. The van der Waals surface area contributed by atoms with Crippen molar-refractivity contribution in [2.75, 3.05) is 53.7 Å². The molecule has 0 aromatic heterocycles. The first-order valence-corrected chi connectivity index (χ1v) is 11.8. The quantitative estimate of drug-likeness (QED) is 0.656. The summed E-state index contributed by atoms with van der Waals surface area (Å²) in [6.45, 7) is 7.18. The van der Waals surface area contributed by atoms with Crippen LogP contribution in [0.3, 0.4) is 0 Å². The van der Waals surface area contributed by atoms with Crippen LogP contribution in [0.1, 0.15) is 29.5 Å². The monoisotopic (exact) mass is 438 g/mol. The van der Waals surface area contributed by atoms with Crippen molar-refractivity contribution in [3.8, 4) is 23.0 Å². The van der Waals surface area contributed by atoms with E-state index >= 15 is 0 Å². The van der Waals surface area contributed by atoms with Crippen LogP contribution in [0.4, 0.5) is 0 Å². The molecular formula is C26H34N2O4. The zero-order chi connectivity index (χ0) is 21.9. The molecule has 1 atom stereocenters. The first-order chi connectivity index (χ1) is 15.7. The SMILES string of the molecule is COc1ccc(CCN2CCCC(CN3CCc4cc5c(cc4C3)OCO5)C2)cc1OC. The van der Waals surface area contributed by atoms with Crippen molar-refractivity contribution in [2.45, 2.75) is 32.2 Å². The van der Waals surface area contributed by atoms with E-state index in [9.17, 15) is 0 Å². The van der Waals surface area contributed by atoms with Gasteiger partial charge in [0.2, 0.25) is 6.79 Å². The largest absolute Gasteiger partial charge is 0.493 e. The summed E-state index contributed by atoms with van der Waals surface area (Å²) in [7, 11) is 3.38. The van der Waals surface area contributed by atoms with Crippen molar-refractivity contribution in [2.24, 2.45) is 5.92 Å². The highest BCUT2D eigenvalue weighted by molar-refractivity contribution is 5.49. The first-order valence-electron chi connectivity index (χ1n) is 11.8. The zero-order valence-electron chi connectivity index (χ0n) is 19.3. The number of hydrogen-bond donors (Lipinski definition) is 0. The topological polar surface area (TPSA) is 43.4 Å². The average Bonchev–Trinajstić information content (AvgIpc) is 3.28. The maximum absolute atomic E-state index is 5.59. The van der Waals surface area contributed by atoms with Crippen molar-refractivity contribution >= 4 is 0 Å². The van der Waals surface area contributed by atoms with E-state index in [0.29, 0.717) is 6.79 Å². The Hall–Kier alpha value is -2.44. The zero-order valence-corrected chi connectivity index (χ0v) is 19.3. The molecule has 1 unspecified atom stereocenters. The first kappa shape index (κ1) is 21.4. The van der Waals surface area contributed by atoms with Gasteiger partial charge in [-0.05, 0) is 79.1 Å². The van der Waals surface area contributed by atoms with Gasteiger partial charge >= 0.3 is 0 Å². The highest BCUT2D eigenvalue weighted by Gasteiger charge is 2.26. The summed E-state index contributed by atoms with van der Waals surface area (Å²) >= 11 is 0. The summed E-state index contributed by atoms with van der Waals surface area (Å²) in [6, 6.07) is 10.6. The van der Waals surface area contributed by atoms with Crippen LogP contribution in [-0.2, 0) is 19.4 Å². The minimum absolute atomic E-state index is 0.350. The lowest BCUT2D eigenvalue weighted by atomic mass is 9.94. The molecule has 1 fully saturated rings. The summed E-state index contributed by atoms with van der Waals surface area (Å²) in [5.41, 5.74) is 4.13. The van der Waals surface area contributed by atoms with Crippen LogP contribution in [0.2, 0.25) is 0 Å². The Bertz CT molecular complexity index is 948. The molecule has 2 aromatic rings. The number of rotatable bonds is 7. The molecule has 1 saturated heterocycles. The second-order valence-electron chi connectivity index (χ2n) is 9.21. The fraction of sp³-hybridized carbons (Fsp3) is 0.538. The molecule has 3 heterocycles. The Morgan fingerprint density at radius 1 is 0.938 bits per heavy atom. The highest BCUT2D eigenvalue weighted by Crippen LogP contribution is 2.37. The van der Waals surface area contributed by atoms with Gasteiger partial charge in [-0.25, -0.2) is 0 Å². The summed E-state index contributed by atoms with van der Waals surface area (Å²) < 4.78 is 22.0. The van der Waals surface area contributed by atoms with Crippen LogP contribution in [0.25, 0.3) is 0 Å². The van der Waals surface area contributed by atoms with E-state index in [1.807, 2.05) is 6.07 Å². The summed E-state index contributed by atoms with van der Waals surface area (Å²) in [5, 5.41) is 0. The predicted molar refractivity (Wildman–Crippen MR) is 124 cm³/mol. The molecule has 0 spiro atoms. The summed E-state index contributed by atoms with van der Waals surface area (Å²) in [5.74, 6) is 4.17. The van der Waals surface area contributed by atoms with Crippen LogP contribution in [-0.4, -0.2) is 63.5 Å². The van der Waals surface area contributed by atoms with Crippen molar-refractivity contribution in [3.05, 3.63) is 47.0 Å². The van der Waals surface area contributed by atoms with E-state index in [4.69, 9.17) is 18.9 Å².